The first-order chi connectivity index (χ1) is 9.69. The third kappa shape index (κ3) is 4.52. The van der Waals surface area contributed by atoms with E-state index in [4.69, 9.17) is 0 Å². The predicted molar refractivity (Wildman–Crippen MR) is 88.5 cm³/mol. The summed E-state index contributed by atoms with van der Waals surface area (Å²) in [5.74, 6) is 0.763. The minimum Gasteiger partial charge on any atom is -0.370 e. The monoisotopic (exact) mass is 274 g/mol. The second-order valence-electron chi connectivity index (χ2n) is 6.50. The van der Waals surface area contributed by atoms with E-state index in [0.717, 1.165) is 19.0 Å². The van der Waals surface area contributed by atoms with Gasteiger partial charge >= 0.3 is 0 Å². The molecular weight excluding hydrogens is 244 g/mol. The molecule has 2 rings (SSSR count). The minimum atomic E-state index is 0.632. The first-order valence-corrected chi connectivity index (χ1v) is 8.26. The summed E-state index contributed by atoms with van der Waals surface area (Å²) in [5, 5.41) is 3.70. The lowest BCUT2D eigenvalue weighted by Crippen LogP contribution is -2.38. The first-order valence-electron chi connectivity index (χ1n) is 8.26. The standard InChI is InChI=1S/C18H30N2/c1-4-6-16-7-9-18(10-8-16)20-12-5-11-19-17(14-20)13-15(2)3/h7-10,15,17,19H,4-6,11-14H2,1-3H3. The van der Waals surface area contributed by atoms with E-state index >= 15 is 0 Å². The molecule has 0 spiro atoms. The molecule has 1 aromatic rings. The van der Waals surface area contributed by atoms with Crippen molar-refractivity contribution < 1.29 is 0 Å². The summed E-state index contributed by atoms with van der Waals surface area (Å²) in [4.78, 5) is 2.56. The number of benzene rings is 1. The van der Waals surface area contributed by atoms with Gasteiger partial charge < -0.3 is 10.2 Å². The van der Waals surface area contributed by atoms with Crippen molar-refractivity contribution in [2.75, 3.05) is 24.5 Å². The van der Waals surface area contributed by atoms with Gasteiger partial charge in [0.1, 0.15) is 0 Å². The third-order valence-electron chi connectivity index (χ3n) is 4.07. The highest BCUT2D eigenvalue weighted by Gasteiger charge is 2.18. The summed E-state index contributed by atoms with van der Waals surface area (Å²) in [6, 6.07) is 9.85. The molecule has 1 N–H and O–H groups in total. The van der Waals surface area contributed by atoms with Gasteiger partial charge in [-0.1, -0.05) is 39.3 Å². The normalized spacial score (nSPS) is 20.2. The van der Waals surface area contributed by atoms with Gasteiger partial charge in [-0.05, 0) is 49.4 Å². The SMILES string of the molecule is CCCc1ccc(N2CCCNC(CC(C)C)C2)cc1. The molecule has 1 saturated heterocycles. The number of hydrogen-bond acceptors (Lipinski definition) is 2. The Morgan fingerprint density at radius 3 is 2.65 bits per heavy atom. The van der Waals surface area contributed by atoms with Crippen molar-refractivity contribution in [1.29, 1.82) is 0 Å². The number of aryl methyl sites for hydroxylation is 1. The Morgan fingerprint density at radius 1 is 1.25 bits per heavy atom. The molecule has 0 saturated carbocycles. The van der Waals surface area contributed by atoms with Crippen LogP contribution in [0.5, 0.6) is 0 Å². The molecule has 1 fully saturated rings. The van der Waals surface area contributed by atoms with E-state index in [1.807, 2.05) is 0 Å². The third-order valence-corrected chi connectivity index (χ3v) is 4.07. The molecule has 0 bridgehead atoms. The van der Waals surface area contributed by atoms with Crippen LogP contribution in [0.15, 0.2) is 24.3 Å². The van der Waals surface area contributed by atoms with E-state index in [1.54, 1.807) is 0 Å². The molecule has 1 unspecified atom stereocenters. The van der Waals surface area contributed by atoms with Gasteiger partial charge in [-0.3, -0.25) is 0 Å². The van der Waals surface area contributed by atoms with Crippen LogP contribution in [0, 0.1) is 5.92 Å². The zero-order valence-electron chi connectivity index (χ0n) is 13.4. The van der Waals surface area contributed by atoms with Crippen molar-refractivity contribution in [2.24, 2.45) is 5.92 Å². The van der Waals surface area contributed by atoms with Crippen LogP contribution in [0.2, 0.25) is 0 Å². The Bertz CT molecular complexity index is 383. The van der Waals surface area contributed by atoms with Gasteiger partial charge in [-0.15, -0.1) is 0 Å². The van der Waals surface area contributed by atoms with Gasteiger partial charge in [-0.2, -0.15) is 0 Å². The lowest BCUT2D eigenvalue weighted by Gasteiger charge is -2.27. The van der Waals surface area contributed by atoms with Crippen LogP contribution in [0.3, 0.4) is 0 Å². The van der Waals surface area contributed by atoms with E-state index in [0.29, 0.717) is 6.04 Å². The van der Waals surface area contributed by atoms with Gasteiger partial charge in [0.15, 0.2) is 0 Å². The van der Waals surface area contributed by atoms with Gasteiger partial charge in [0.05, 0.1) is 0 Å². The number of nitrogens with one attached hydrogen (secondary N) is 1. The second-order valence-corrected chi connectivity index (χ2v) is 6.50. The fourth-order valence-electron chi connectivity index (χ4n) is 3.12. The molecule has 2 nitrogen and oxygen atoms in total. The van der Waals surface area contributed by atoms with Crippen LogP contribution < -0.4 is 10.2 Å². The minimum absolute atomic E-state index is 0.632. The van der Waals surface area contributed by atoms with E-state index in [-0.39, 0.29) is 0 Å². The summed E-state index contributed by atoms with van der Waals surface area (Å²) in [7, 11) is 0. The highest BCUT2D eigenvalue weighted by atomic mass is 15.2. The van der Waals surface area contributed by atoms with Crippen molar-refractivity contribution in [3.63, 3.8) is 0 Å². The maximum atomic E-state index is 3.70. The van der Waals surface area contributed by atoms with Crippen molar-refractivity contribution in [2.45, 2.75) is 52.5 Å². The van der Waals surface area contributed by atoms with Gasteiger partial charge in [0, 0.05) is 24.8 Å². The van der Waals surface area contributed by atoms with E-state index < -0.39 is 0 Å². The Hall–Kier alpha value is -1.02. The largest absolute Gasteiger partial charge is 0.370 e. The summed E-state index contributed by atoms with van der Waals surface area (Å²) < 4.78 is 0. The van der Waals surface area contributed by atoms with Crippen molar-refractivity contribution >= 4 is 5.69 Å². The number of anilines is 1. The van der Waals surface area contributed by atoms with E-state index in [1.165, 1.54) is 43.5 Å². The quantitative estimate of drug-likeness (QED) is 0.877. The van der Waals surface area contributed by atoms with Crippen molar-refractivity contribution in [3.05, 3.63) is 29.8 Å². The van der Waals surface area contributed by atoms with Gasteiger partial charge in [0.2, 0.25) is 0 Å². The average Bonchev–Trinajstić information content (AvgIpc) is 2.65. The number of nitrogens with zero attached hydrogens (tertiary/aromatic N) is 1. The number of rotatable bonds is 5. The topological polar surface area (TPSA) is 15.3 Å². The fraction of sp³-hybridized carbons (Fsp3) is 0.667. The maximum Gasteiger partial charge on any atom is 0.0366 e. The summed E-state index contributed by atoms with van der Waals surface area (Å²) >= 11 is 0. The molecule has 112 valence electrons. The molecule has 1 aliphatic rings. The zero-order valence-corrected chi connectivity index (χ0v) is 13.4. The predicted octanol–water partition coefficient (Wildman–Crippen LogP) is 3.85. The molecule has 0 aromatic heterocycles. The second kappa shape index (κ2) is 7.68. The molecule has 0 radical (unpaired) electrons. The van der Waals surface area contributed by atoms with Crippen molar-refractivity contribution in [3.8, 4) is 0 Å². The van der Waals surface area contributed by atoms with Crippen LogP contribution in [0.4, 0.5) is 5.69 Å². The highest BCUT2D eigenvalue weighted by molar-refractivity contribution is 5.48. The maximum absolute atomic E-state index is 3.70. The molecule has 1 aliphatic heterocycles. The summed E-state index contributed by atoms with van der Waals surface area (Å²) in [5.41, 5.74) is 2.85. The molecule has 0 aliphatic carbocycles. The molecule has 1 heterocycles. The van der Waals surface area contributed by atoms with Crippen LogP contribution in [0.1, 0.15) is 45.6 Å². The fourth-order valence-corrected chi connectivity index (χ4v) is 3.12. The lowest BCUT2D eigenvalue weighted by molar-refractivity contribution is 0.436. The number of hydrogen-bond donors (Lipinski definition) is 1. The molecule has 2 heteroatoms. The van der Waals surface area contributed by atoms with E-state index in [9.17, 15) is 0 Å². The molecular formula is C18H30N2. The van der Waals surface area contributed by atoms with Crippen LogP contribution in [-0.2, 0) is 6.42 Å². The van der Waals surface area contributed by atoms with Crippen LogP contribution in [-0.4, -0.2) is 25.7 Å². The van der Waals surface area contributed by atoms with Crippen molar-refractivity contribution in [1.82, 2.24) is 5.32 Å². The Labute approximate surface area is 124 Å². The molecule has 1 aromatic carbocycles. The van der Waals surface area contributed by atoms with E-state index in [2.05, 4.69) is 55.3 Å². The summed E-state index contributed by atoms with van der Waals surface area (Å²) in [6.07, 6.45) is 4.93. The average molecular weight is 274 g/mol. The smallest absolute Gasteiger partial charge is 0.0366 e. The van der Waals surface area contributed by atoms with Gasteiger partial charge in [-0.25, -0.2) is 0 Å². The molecule has 0 amide bonds. The summed E-state index contributed by atoms with van der Waals surface area (Å²) in [6.45, 7) is 10.3. The Kier molecular flexibility index (Phi) is 5.90. The molecule has 20 heavy (non-hydrogen) atoms. The lowest BCUT2D eigenvalue weighted by atomic mass is 10.0. The first kappa shape index (κ1) is 15.4. The van der Waals surface area contributed by atoms with Gasteiger partial charge in [0.25, 0.3) is 0 Å². The van der Waals surface area contributed by atoms with Crippen LogP contribution >= 0.6 is 0 Å². The Morgan fingerprint density at radius 2 is 2.00 bits per heavy atom. The Balaban J connectivity index is 2.01. The van der Waals surface area contributed by atoms with Crippen LogP contribution in [0.25, 0.3) is 0 Å². The molecule has 1 atom stereocenters. The highest BCUT2D eigenvalue weighted by Crippen LogP contribution is 2.19. The zero-order chi connectivity index (χ0) is 14.4.